The van der Waals surface area contributed by atoms with Crippen molar-refractivity contribution in [1.82, 2.24) is 0 Å². The van der Waals surface area contributed by atoms with Crippen LogP contribution in [0, 0.1) is 0 Å². The summed E-state index contributed by atoms with van der Waals surface area (Å²) in [5, 5.41) is 8.45. The van der Waals surface area contributed by atoms with Crippen molar-refractivity contribution in [2.45, 2.75) is 32.6 Å². The van der Waals surface area contributed by atoms with Crippen LogP contribution in [0.5, 0.6) is 0 Å². The molecule has 0 aromatic rings. The molecule has 0 unspecified atom stereocenters. The van der Waals surface area contributed by atoms with Crippen LogP contribution in [0.2, 0.25) is 0 Å². The molecule has 0 heterocycles. The average Bonchev–Trinajstić information content (AvgIpc) is 2.02. The van der Waals surface area contributed by atoms with Crippen molar-refractivity contribution < 1.29 is 19.5 Å². The number of carbonyl (C=O) groups excluding carboxylic acids is 2. The summed E-state index contributed by atoms with van der Waals surface area (Å²) in [6.07, 6.45) is 0.918. The third-order valence-electron chi connectivity index (χ3n) is 1.68. The number of hydrogen-bond donors (Lipinski definition) is 1. The summed E-state index contributed by atoms with van der Waals surface area (Å²) in [5.74, 6) is -1.34. The molecule has 1 N–H and O–H groups in total. The molecule has 0 fully saturated rings. The lowest BCUT2D eigenvalue weighted by Crippen LogP contribution is -2.05. The Labute approximate surface area is 82.6 Å². The highest BCUT2D eigenvalue weighted by Crippen LogP contribution is 2.06. The molecular formula is C10H14O4. The van der Waals surface area contributed by atoms with Gasteiger partial charge >= 0.3 is 5.97 Å². The van der Waals surface area contributed by atoms with Crippen molar-refractivity contribution in [1.29, 1.82) is 0 Å². The second-order valence-corrected chi connectivity index (χ2v) is 3.18. The Balaban J connectivity index is 3.64. The van der Waals surface area contributed by atoms with Gasteiger partial charge in [0.1, 0.15) is 11.6 Å². The number of rotatable bonds is 7. The van der Waals surface area contributed by atoms with E-state index in [4.69, 9.17) is 5.11 Å². The maximum atomic E-state index is 11.0. The first kappa shape index (κ1) is 12.6. The molecule has 0 saturated heterocycles. The van der Waals surface area contributed by atoms with Gasteiger partial charge in [0, 0.05) is 12.0 Å². The summed E-state index contributed by atoms with van der Waals surface area (Å²) in [6.45, 7) is 4.69. The summed E-state index contributed by atoms with van der Waals surface area (Å²) in [5.41, 5.74) is 0.0978. The average molecular weight is 198 g/mol. The zero-order chi connectivity index (χ0) is 11.1. The number of hydrogen-bond acceptors (Lipinski definition) is 3. The molecular weight excluding hydrogens is 184 g/mol. The smallest absolute Gasteiger partial charge is 0.330 e. The van der Waals surface area contributed by atoms with E-state index in [-0.39, 0.29) is 30.0 Å². The number of carboxylic acid groups (broad SMARTS) is 1. The molecule has 0 bridgehead atoms. The van der Waals surface area contributed by atoms with Gasteiger partial charge in [0.2, 0.25) is 0 Å². The molecule has 0 rings (SSSR count). The summed E-state index contributed by atoms with van der Waals surface area (Å²) in [7, 11) is 0. The maximum Gasteiger partial charge on any atom is 0.330 e. The third kappa shape index (κ3) is 6.11. The van der Waals surface area contributed by atoms with Crippen LogP contribution in [0.3, 0.4) is 0 Å². The Morgan fingerprint density at radius 2 is 1.79 bits per heavy atom. The van der Waals surface area contributed by atoms with Crippen molar-refractivity contribution >= 4 is 17.5 Å². The molecule has 0 aromatic heterocycles. The largest absolute Gasteiger partial charge is 0.478 e. The van der Waals surface area contributed by atoms with Crippen LogP contribution in [0.15, 0.2) is 12.2 Å². The fourth-order valence-electron chi connectivity index (χ4n) is 0.972. The van der Waals surface area contributed by atoms with Crippen molar-refractivity contribution in [3.05, 3.63) is 12.2 Å². The molecule has 0 radical (unpaired) electrons. The monoisotopic (exact) mass is 198 g/mol. The van der Waals surface area contributed by atoms with E-state index in [1.807, 2.05) is 0 Å². The first-order valence-electron chi connectivity index (χ1n) is 4.35. The van der Waals surface area contributed by atoms with Crippen LogP contribution < -0.4 is 0 Å². The standard InChI is InChI=1S/C10H14O4/c1-7(10(13)14)4-3-5-9(12)6-8(2)11/h1,3-6H2,2H3,(H,13,14). The van der Waals surface area contributed by atoms with Crippen LogP contribution in [0.4, 0.5) is 0 Å². The van der Waals surface area contributed by atoms with Gasteiger partial charge in [-0.25, -0.2) is 4.79 Å². The molecule has 0 aromatic carbocycles. The first-order valence-corrected chi connectivity index (χ1v) is 4.35. The fraction of sp³-hybridized carbons (Fsp3) is 0.500. The number of carboxylic acids is 1. The lowest BCUT2D eigenvalue weighted by atomic mass is 10.1. The summed E-state index contributed by atoms with van der Waals surface area (Å²) < 4.78 is 0. The molecule has 0 aliphatic rings. The van der Waals surface area contributed by atoms with Crippen molar-refractivity contribution in [2.75, 3.05) is 0 Å². The molecule has 4 nitrogen and oxygen atoms in total. The lowest BCUT2D eigenvalue weighted by molar-refractivity contribution is -0.133. The number of Topliss-reactive ketones (excluding diaryl/α,β-unsaturated/α-hetero) is 2. The second kappa shape index (κ2) is 6.07. The van der Waals surface area contributed by atoms with Gasteiger partial charge in [0.15, 0.2) is 0 Å². The van der Waals surface area contributed by atoms with Gasteiger partial charge < -0.3 is 5.11 Å². The highest BCUT2D eigenvalue weighted by molar-refractivity contribution is 5.97. The molecule has 0 aliphatic heterocycles. The van der Waals surface area contributed by atoms with Crippen LogP contribution >= 0.6 is 0 Å². The van der Waals surface area contributed by atoms with E-state index in [2.05, 4.69) is 6.58 Å². The number of aliphatic carboxylic acids is 1. The van der Waals surface area contributed by atoms with E-state index in [1.165, 1.54) is 6.92 Å². The highest BCUT2D eigenvalue weighted by Gasteiger charge is 2.07. The predicted molar refractivity (Wildman–Crippen MR) is 50.9 cm³/mol. The first-order chi connectivity index (χ1) is 6.43. The van der Waals surface area contributed by atoms with Gasteiger partial charge in [0.25, 0.3) is 0 Å². The Hall–Kier alpha value is -1.45. The second-order valence-electron chi connectivity index (χ2n) is 3.18. The topological polar surface area (TPSA) is 71.4 Å². The van der Waals surface area contributed by atoms with E-state index in [9.17, 15) is 14.4 Å². The number of ketones is 2. The number of carbonyl (C=O) groups is 3. The molecule has 0 aliphatic carbocycles. The molecule has 78 valence electrons. The van der Waals surface area contributed by atoms with Crippen LogP contribution in [0.25, 0.3) is 0 Å². The van der Waals surface area contributed by atoms with Gasteiger partial charge in [-0.15, -0.1) is 0 Å². The fourth-order valence-corrected chi connectivity index (χ4v) is 0.972. The minimum Gasteiger partial charge on any atom is -0.478 e. The Morgan fingerprint density at radius 1 is 1.21 bits per heavy atom. The minimum absolute atomic E-state index is 0.0560. The minimum atomic E-state index is -1.04. The lowest BCUT2D eigenvalue weighted by Gasteiger charge is -1.99. The molecule has 14 heavy (non-hydrogen) atoms. The molecule has 0 saturated carbocycles. The van der Waals surface area contributed by atoms with Crippen molar-refractivity contribution in [3.63, 3.8) is 0 Å². The maximum absolute atomic E-state index is 11.0. The van der Waals surface area contributed by atoms with Crippen molar-refractivity contribution in [2.24, 2.45) is 0 Å². The zero-order valence-electron chi connectivity index (χ0n) is 8.21. The third-order valence-corrected chi connectivity index (χ3v) is 1.68. The molecule has 0 atom stereocenters. The molecule has 0 spiro atoms. The Bertz CT molecular complexity index is 265. The molecule has 0 amide bonds. The summed E-state index contributed by atoms with van der Waals surface area (Å²) in [6, 6.07) is 0. The van der Waals surface area contributed by atoms with Crippen molar-refractivity contribution in [3.8, 4) is 0 Å². The van der Waals surface area contributed by atoms with Gasteiger partial charge in [-0.2, -0.15) is 0 Å². The van der Waals surface area contributed by atoms with Gasteiger partial charge in [-0.1, -0.05) is 6.58 Å². The van der Waals surface area contributed by atoms with Crippen LogP contribution in [0.1, 0.15) is 32.6 Å². The zero-order valence-corrected chi connectivity index (χ0v) is 8.21. The van der Waals surface area contributed by atoms with Crippen LogP contribution in [-0.2, 0) is 14.4 Å². The van der Waals surface area contributed by atoms with Gasteiger partial charge in [-0.05, 0) is 19.8 Å². The van der Waals surface area contributed by atoms with E-state index in [1.54, 1.807) is 0 Å². The Morgan fingerprint density at radius 3 is 2.21 bits per heavy atom. The highest BCUT2D eigenvalue weighted by atomic mass is 16.4. The van der Waals surface area contributed by atoms with E-state index >= 15 is 0 Å². The van der Waals surface area contributed by atoms with E-state index in [0.29, 0.717) is 12.8 Å². The normalized spacial score (nSPS) is 9.50. The van der Waals surface area contributed by atoms with E-state index < -0.39 is 5.97 Å². The molecule has 4 heteroatoms. The predicted octanol–water partition coefficient (Wildman–Crippen LogP) is 1.35. The summed E-state index contributed by atoms with van der Waals surface area (Å²) in [4.78, 5) is 31.8. The quantitative estimate of drug-likeness (QED) is 0.495. The van der Waals surface area contributed by atoms with Gasteiger partial charge in [-0.3, -0.25) is 9.59 Å². The SMILES string of the molecule is C=C(CCCC(=O)CC(C)=O)C(=O)O. The van der Waals surface area contributed by atoms with Crippen LogP contribution in [-0.4, -0.2) is 22.6 Å². The van der Waals surface area contributed by atoms with E-state index in [0.717, 1.165) is 0 Å². The summed E-state index contributed by atoms with van der Waals surface area (Å²) >= 11 is 0. The Kier molecular flexibility index (Phi) is 5.44. The van der Waals surface area contributed by atoms with Gasteiger partial charge in [0.05, 0.1) is 6.42 Å².